The predicted molar refractivity (Wildman–Crippen MR) is 68.7 cm³/mol. The average Bonchev–Trinajstić information content (AvgIpc) is 2.61. The number of hydrogen-bond acceptors (Lipinski definition) is 3. The zero-order chi connectivity index (χ0) is 11.3. The van der Waals surface area contributed by atoms with Crippen LogP contribution in [0.1, 0.15) is 26.2 Å². The molecule has 16 heavy (non-hydrogen) atoms. The predicted octanol–water partition coefficient (Wildman–Crippen LogP) is 0.604. The van der Waals surface area contributed by atoms with Gasteiger partial charge in [-0.2, -0.15) is 0 Å². The van der Waals surface area contributed by atoms with Crippen molar-refractivity contribution in [2.75, 3.05) is 26.7 Å². The molecule has 1 amide bonds. The average molecular weight is 250 g/mol. The Hall–Kier alpha value is -0.320. The van der Waals surface area contributed by atoms with Gasteiger partial charge in [0.25, 0.3) is 0 Å². The molecule has 96 valence electrons. The van der Waals surface area contributed by atoms with Gasteiger partial charge in [-0.15, -0.1) is 12.4 Å². The molecule has 0 radical (unpaired) electrons. The number of likely N-dealkylation sites (tertiary alicyclic amines) is 1. The molecule has 4 nitrogen and oxygen atoms in total. The van der Waals surface area contributed by atoms with E-state index in [4.69, 9.17) is 5.73 Å². The van der Waals surface area contributed by atoms with Crippen LogP contribution in [0.2, 0.25) is 0 Å². The van der Waals surface area contributed by atoms with Crippen LogP contribution in [0.5, 0.6) is 0 Å². The van der Waals surface area contributed by atoms with E-state index in [2.05, 4.69) is 17.3 Å². The SMILES string of the molecule is CCCC(N)C(=O)NCC1CCN(C)C1.Cl. The highest BCUT2D eigenvalue weighted by atomic mass is 35.5. The van der Waals surface area contributed by atoms with Gasteiger partial charge in [-0.25, -0.2) is 0 Å². The summed E-state index contributed by atoms with van der Waals surface area (Å²) < 4.78 is 0. The molecule has 0 aromatic rings. The lowest BCUT2D eigenvalue weighted by molar-refractivity contribution is -0.122. The summed E-state index contributed by atoms with van der Waals surface area (Å²) in [4.78, 5) is 13.8. The molecule has 0 aliphatic carbocycles. The molecule has 1 rings (SSSR count). The Morgan fingerprint density at radius 1 is 1.62 bits per heavy atom. The first kappa shape index (κ1) is 15.7. The van der Waals surface area contributed by atoms with Crippen molar-refractivity contribution in [2.24, 2.45) is 11.7 Å². The highest BCUT2D eigenvalue weighted by Gasteiger charge is 2.20. The lowest BCUT2D eigenvalue weighted by Crippen LogP contribution is -2.42. The summed E-state index contributed by atoms with van der Waals surface area (Å²) in [5.41, 5.74) is 5.72. The molecule has 2 atom stereocenters. The molecule has 0 aromatic heterocycles. The number of hydrogen-bond donors (Lipinski definition) is 2. The first-order valence-electron chi connectivity index (χ1n) is 5.85. The molecular weight excluding hydrogens is 226 g/mol. The largest absolute Gasteiger partial charge is 0.354 e. The third-order valence-corrected chi connectivity index (χ3v) is 2.99. The van der Waals surface area contributed by atoms with E-state index in [0.29, 0.717) is 5.92 Å². The van der Waals surface area contributed by atoms with Gasteiger partial charge in [0.05, 0.1) is 6.04 Å². The molecule has 3 N–H and O–H groups in total. The first-order chi connectivity index (χ1) is 7.13. The van der Waals surface area contributed by atoms with Gasteiger partial charge in [-0.3, -0.25) is 4.79 Å². The van der Waals surface area contributed by atoms with Crippen LogP contribution in [0.3, 0.4) is 0 Å². The van der Waals surface area contributed by atoms with Crippen LogP contribution in [-0.4, -0.2) is 43.5 Å². The number of rotatable bonds is 5. The Morgan fingerprint density at radius 2 is 2.31 bits per heavy atom. The zero-order valence-electron chi connectivity index (χ0n) is 10.2. The van der Waals surface area contributed by atoms with Crippen molar-refractivity contribution in [3.8, 4) is 0 Å². The first-order valence-corrected chi connectivity index (χ1v) is 5.85. The molecule has 1 fully saturated rings. The molecule has 1 aliphatic heterocycles. The molecule has 2 unspecified atom stereocenters. The minimum absolute atomic E-state index is 0. The zero-order valence-corrected chi connectivity index (χ0v) is 11.1. The molecule has 1 saturated heterocycles. The van der Waals surface area contributed by atoms with Crippen molar-refractivity contribution in [1.29, 1.82) is 0 Å². The normalized spacial score (nSPS) is 22.6. The van der Waals surface area contributed by atoms with Gasteiger partial charge in [-0.1, -0.05) is 13.3 Å². The smallest absolute Gasteiger partial charge is 0.236 e. The number of carbonyl (C=O) groups excluding carboxylic acids is 1. The van der Waals surface area contributed by atoms with Crippen molar-refractivity contribution in [1.82, 2.24) is 10.2 Å². The summed E-state index contributed by atoms with van der Waals surface area (Å²) >= 11 is 0. The molecular formula is C11H24ClN3O. The number of carbonyl (C=O) groups is 1. The van der Waals surface area contributed by atoms with Gasteiger partial charge in [0.15, 0.2) is 0 Å². The molecule has 0 aromatic carbocycles. The van der Waals surface area contributed by atoms with E-state index < -0.39 is 0 Å². The molecule has 1 aliphatic rings. The van der Waals surface area contributed by atoms with Crippen LogP contribution in [0.25, 0.3) is 0 Å². The standard InChI is InChI=1S/C11H23N3O.ClH/c1-3-4-10(12)11(15)13-7-9-5-6-14(2)8-9;/h9-10H,3-8,12H2,1-2H3,(H,13,15);1H. The Morgan fingerprint density at radius 3 is 2.81 bits per heavy atom. The van der Waals surface area contributed by atoms with E-state index in [1.807, 2.05) is 6.92 Å². The minimum atomic E-state index is -0.325. The third kappa shape index (κ3) is 5.14. The highest BCUT2D eigenvalue weighted by Crippen LogP contribution is 2.12. The van der Waals surface area contributed by atoms with Crippen molar-refractivity contribution >= 4 is 18.3 Å². The Balaban J connectivity index is 0.00000225. The van der Waals surface area contributed by atoms with E-state index in [1.165, 1.54) is 6.42 Å². The van der Waals surface area contributed by atoms with E-state index in [0.717, 1.165) is 32.5 Å². The highest BCUT2D eigenvalue weighted by molar-refractivity contribution is 5.85. The summed E-state index contributed by atoms with van der Waals surface area (Å²) in [6, 6.07) is -0.325. The summed E-state index contributed by atoms with van der Waals surface area (Å²) in [6.07, 6.45) is 2.91. The van der Waals surface area contributed by atoms with Crippen LogP contribution < -0.4 is 11.1 Å². The monoisotopic (exact) mass is 249 g/mol. The second-order valence-electron chi connectivity index (χ2n) is 4.56. The maximum absolute atomic E-state index is 11.5. The fraction of sp³-hybridized carbons (Fsp3) is 0.909. The second-order valence-corrected chi connectivity index (χ2v) is 4.56. The number of amides is 1. The van der Waals surface area contributed by atoms with Crippen LogP contribution in [-0.2, 0) is 4.79 Å². The molecule has 0 spiro atoms. The van der Waals surface area contributed by atoms with Gasteiger partial charge in [0.2, 0.25) is 5.91 Å². The van der Waals surface area contributed by atoms with Crippen LogP contribution in [0.4, 0.5) is 0 Å². The van der Waals surface area contributed by atoms with E-state index in [-0.39, 0.29) is 24.4 Å². The van der Waals surface area contributed by atoms with Gasteiger partial charge < -0.3 is 16.0 Å². The lowest BCUT2D eigenvalue weighted by atomic mass is 10.1. The number of nitrogens with zero attached hydrogens (tertiary/aromatic N) is 1. The molecule has 1 heterocycles. The quantitative estimate of drug-likeness (QED) is 0.751. The molecule has 0 bridgehead atoms. The number of halogens is 1. The van der Waals surface area contributed by atoms with Crippen LogP contribution in [0, 0.1) is 5.92 Å². The van der Waals surface area contributed by atoms with E-state index in [1.54, 1.807) is 0 Å². The van der Waals surface area contributed by atoms with Gasteiger partial charge >= 0.3 is 0 Å². The van der Waals surface area contributed by atoms with E-state index >= 15 is 0 Å². The molecule has 5 heteroatoms. The Labute approximate surface area is 104 Å². The van der Waals surface area contributed by atoms with Gasteiger partial charge in [0, 0.05) is 13.1 Å². The van der Waals surface area contributed by atoms with Gasteiger partial charge in [-0.05, 0) is 32.4 Å². The third-order valence-electron chi connectivity index (χ3n) is 2.99. The van der Waals surface area contributed by atoms with Crippen molar-refractivity contribution in [2.45, 2.75) is 32.2 Å². The lowest BCUT2D eigenvalue weighted by Gasteiger charge is -2.14. The maximum Gasteiger partial charge on any atom is 0.236 e. The number of nitrogens with two attached hydrogens (primary N) is 1. The minimum Gasteiger partial charge on any atom is -0.354 e. The summed E-state index contributed by atoms with van der Waals surface area (Å²) in [5.74, 6) is 0.610. The molecule has 0 saturated carbocycles. The van der Waals surface area contributed by atoms with Crippen LogP contribution in [0.15, 0.2) is 0 Å². The maximum atomic E-state index is 11.5. The number of nitrogens with one attached hydrogen (secondary N) is 1. The van der Waals surface area contributed by atoms with Crippen LogP contribution >= 0.6 is 12.4 Å². The Kier molecular flexibility index (Phi) is 7.72. The van der Waals surface area contributed by atoms with Crippen molar-refractivity contribution in [3.63, 3.8) is 0 Å². The Bertz CT molecular complexity index is 213. The summed E-state index contributed by atoms with van der Waals surface area (Å²) in [6.45, 7) is 5.05. The summed E-state index contributed by atoms with van der Waals surface area (Å²) in [7, 11) is 2.12. The second kappa shape index (κ2) is 7.87. The topological polar surface area (TPSA) is 58.4 Å². The fourth-order valence-corrected chi connectivity index (χ4v) is 2.01. The summed E-state index contributed by atoms with van der Waals surface area (Å²) in [5, 5.41) is 2.94. The van der Waals surface area contributed by atoms with E-state index in [9.17, 15) is 4.79 Å². The van der Waals surface area contributed by atoms with Gasteiger partial charge in [0.1, 0.15) is 0 Å². The van der Waals surface area contributed by atoms with Crippen molar-refractivity contribution < 1.29 is 4.79 Å². The fourth-order valence-electron chi connectivity index (χ4n) is 2.01. The van der Waals surface area contributed by atoms with Crippen molar-refractivity contribution in [3.05, 3.63) is 0 Å².